The van der Waals surface area contributed by atoms with Crippen LogP contribution in [0, 0.1) is 13.8 Å². The molecule has 2 N–H and O–H groups in total. The Morgan fingerprint density at radius 2 is 1.84 bits per heavy atom. The molecule has 3 heteroatoms. The summed E-state index contributed by atoms with van der Waals surface area (Å²) < 4.78 is 0. The predicted octanol–water partition coefficient (Wildman–Crippen LogP) is 1.94. The van der Waals surface area contributed by atoms with E-state index < -0.39 is 0 Å². The van der Waals surface area contributed by atoms with Crippen molar-refractivity contribution in [2.45, 2.75) is 32.9 Å². The predicted molar refractivity (Wildman–Crippen MR) is 81.4 cm³/mol. The number of nitrogens with two attached hydrogens (primary N) is 1. The maximum absolute atomic E-state index is 6.39. The van der Waals surface area contributed by atoms with E-state index in [1.807, 2.05) is 0 Å². The number of nitrogens with zero attached hydrogens (tertiary/aromatic N) is 2. The Kier molecular flexibility index (Phi) is 4.61. The van der Waals surface area contributed by atoms with Gasteiger partial charge in [-0.25, -0.2) is 0 Å². The van der Waals surface area contributed by atoms with E-state index >= 15 is 0 Å². The topological polar surface area (TPSA) is 32.5 Å². The Morgan fingerprint density at radius 1 is 1.21 bits per heavy atom. The zero-order chi connectivity index (χ0) is 14.0. The molecular formula is C16H27N3. The Hall–Kier alpha value is -0.900. The lowest BCUT2D eigenvalue weighted by atomic mass is 10.0. The van der Waals surface area contributed by atoms with Crippen LogP contribution >= 0.6 is 0 Å². The van der Waals surface area contributed by atoms with Gasteiger partial charge in [0, 0.05) is 38.3 Å². The molecule has 1 fully saturated rings. The van der Waals surface area contributed by atoms with E-state index in [0.717, 1.165) is 26.2 Å². The molecule has 1 saturated heterocycles. The molecular weight excluding hydrogens is 234 g/mol. The molecule has 0 aliphatic carbocycles. The number of hydrogen-bond acceptors (Lipinski definition) is 3. The van der Waals surface area contributed by atoms with Gasteiger partial charge in [0.2, 0.25) is 0 Å². The summed E-state index contributed by atoms with van der Waals surface area (Å²) in [4.78, 5) is 4.91. The smallest absolute Gasteiger partial charge is 0.0424 e. The highest BCUT2D eigenvalue weighted by Crippen LogP contribution is 2.17. The van der Waals surface area contributed by atoms with Gasteiger partial charge < -0.3 is 10.6 Å². The Labute approximate surface area is 117 Å². The molecule has 0 spiro atoms. The summed E-state index contributed by atoms with van der Waals surface area (Å²) >= 11 is 0. The van der Waals surface area contributed by atoms with Crippen molar-refractivity contribution in [2.24, 2.45) is 5.73 Å². The molecule has 1 aromatic rings. The van der Waals surface area contributed by atoms with E-state index in [1.165, 1.54) is 16.7 Å². The minimum atomic E-state index is 0.120. The van der Waals surface area contributed by atoms with Crippen molar-refractivity contribution < 1.29 is 0 Å². The summed E-state index contributed by atoms with van der Waals surface area (Å²) in [7, 11) is 2.20. The number of rotatable bonds is 3. The van der Waals surface area contributed by atoms with Crippen LogP contribution in [0.25, 0.3) is 0 Å². The first-order chi connectivity index (χ1) is 8.95. The minimum absolute atomic E-state index is 0.120. The highest BCUT2D eigenvalue weighted by atomic mass is 15.3. The van der Waals surface area contributed by atoms with Crippen LogP contribution in [-0.2, 0) is 0 Å². The van der Waals surface area contributed by atoms with E-state index in [0.29, 0.717) is 6.04 Å². The van der Waals surface area contributed by atoms with Crippen LogP contribution in [0.15, 0.2) is 18.2 Å². The lowest BCUT2D eigenvalue weighted by Gasteiger charge is -2.38. The molecule has 1 aliphatic heterocycles. The molecule has 1 aromatic carbocycles. The van der Waals surface area contributed by atoms with Gasteiger partial charge in [-0.15, -0.1) is 0 Å². The molecule has 0 saturated carbocycles. The van der Waals surface area contributed by atoms with Gasteiger partial charge in [-0.3, -0.25) is 4.90 Å². The second-order valence-corrected chi connectivity index (χ2v) is 6.12. The van der Waals surface area contributed by atoms with Gasteiger partial charge in [0.25, 0.3) is 0 Å². The van der Waals surface area contributed by atoms with Gasteiger partial charge in [-0.2, -0.15) is 0 Å². The second kappa shape index (κ2) is 6.04. The number of hydrogen-bond donors (Lipinski definition) is 1. The Morgan fingerprint density at radius 3 is 2.42 bits per heavy atom. The molecule has 0 aromatic heterocycles. The van der Waals surface area contributed by atoms with Gasteiger partial charge in [-0.05, 0) is 33.4 Å². The Balaban J connectivity index is 1.99. The largest absolute Gasteiger partial charge is 0.323 e. The molecule has 1 aliphatic rings. The molecule has 1 heterocycles. The third-order valence-corrected chi connectivity index (χ3v) is 4.17. The van der Waals surface area contributed by atoms with Crippen LogP contribution in [0.1, 0.15) is 29.7 Å². The third-order valence-electron chi connectivity index (χ3n) is 4.17. The van der Waals surface area contributed by atoms with Gasteiger partial charge in [0.15, 0.2) is 0 Å². The molecule has 2 atom stereocenters. The normalized spacial score (nSPS) is 23.5. The van der Waals surface area contributed by atoms with Crippen LogP contribution in [0.4, 0.5) is 0 Å². The molecule has 19 heavy (non-hydrogen) atoms. The van der Waals surface area contributed by atoms with Crippen LogP contribution in [0.5, 0.6) is 0 Å². The fourth-order valence-corrected chi connectivity index (χ4v) is 2.90. The van der Waals surface area contributed by atoms with Gasteiger partial charge >= 0.3 is 0 Å². The van der Waals surface area contributed by atoms with Crippen LogP contribution < -0.4 is 5.73 Å². The summed E-state index contributed by atoms with van der Waals surface area (Å²) in [6.07, 6.45) is 0. The summed E-state index contributed by atoms with van der Waals surface area (Å²) in [6.45, 7) is 10.9. The van der Waals surface area contributed by atoms with Crippen molar-refractivity contribution >= 4 is 0 Å². The highest BCUT2D eigenvalue weighted by molar-refractivity contribution is 5.30. The van der Waals surface area contributed by atoms with Crippen LogP contribution in [0.3, 0.4) is 0 Å². The standard InChI is InChI=1S/C16H27N3/c1-12-7-13(2)9-15(8-12)16(17)11-19-6-5-18(4)14(3)10-19/h7-9,14,16H,5-6,10-11,17H2,1-4H3. The molecule has 3 nitrogen and oxygen atoms in total. The number of benzene rings is 1. The highest BCUT2D eigenvalue weighted by Gasteiger charge is 2.22. The van der Waals surface area contributed by atoms with Crippen molar-refractivity contribution in [1.29, 1.82) is 0 Å². The first-order valence-electron chi connectivity index (χ1n) is 7.22. The third kappa shape index (κ3) is 3.78. The minimum Gasteiger partial charge on any atom is -0.323 e. The monoisotopic (exact) mass is 261 g/mol. The van der Waals surface area contributed by atoms with Crippen LogP contribution in [0.2, 0.25) is 0 Å². The number of aryl methyl sites for hydroxylation is 2. The van der Waals surface area contributed by atoms with E-state index in [-0.39, 0.29) is 6.04 Å². The van der Waals surface area contributed by atoms with Crippen molar-refractivity contribution in [1.82, 2.24) is 9.80 Å². The van der Waals surface area contributed by atoms with E-state index in [9.17, 15) is 0 Å². The van der Waals surface area contributed by atoms with Gasteiger partial charge in [-0.1, -0.05) is 29.3 Å². The zero-order valence-electron chi connectivity index (χ0n) is 12.7. The molecule has 0 radical (unpaired) electrons. The molecule has 2 rings (SSSR count). The molecule has 0 bridgehead atoms. The first-order valence-corrected chi connectivity index (χ1v) is 7.22. The maximum Gasteiger partial charge on any atom is 0.0424 e. The maximum atomic E-state index is 6.39. The molecule has 106 valence electrons. The van der Waals surface area contributed by atoms with Gasteiger partial charge in [0.1, 0.15) is 0 Å². The fraction of sp³-hybridized carbons (Fsp3) is 0.625. The molecule has 2 unspecified atom stereocenters. The van der Waals surface area contributed by atoms with Gasteiger partial charge in [0.05, 0.1) is 0 Å². The fourth-order valence-electron chi connectivity index (χ4n) is 2.90. The number of likely N-dealkylation sites (N-methyl/N-ethyl adjacent to an activating group) is 1. The first kappa shape index (κ1) is 14.5. The van der Waals surface area contributed by atoms with Crippen LogP contribution in [-0.4, -0.2) is 49.1 Å². The van der Waals surface area contributed by atoms with Crippen molar-refractivity contribution in [2.75, 3.05) is 33.2 Å². The SMILES string of the molecule is Cc1cc(C)cc(C(N)CN2CCN(C)C(C)C2)c1. The zero-order valence-corrected chi connectivity index (χ0v) is 12.7. The van der Waals surface area contributed by atoms with E-state index in [2.05, 4.69) is 55.8 Å². The summed E-state index contributed by atoms with van der Waals surface area (Å²) in [6, 6.07) is 7.39. The lowest BCUT2D eigenvalue weighted by molar-refractivity contribution is 0.100. The summed E-state index contributed by atoms with van der Waals surface area (Å²) in [5.41, 5.74) is 10.3. The van der Waals surface area contributed by atoms with E-state index in [1.54, 1.807) is 0 Å². The summed E-state index contributed by atoms with van der Waals surface area (Å²) in [5, 5.41) is 0. The van der Waals surface area contributed by atoms with Crippen molar-refractivity contribution in [3.63, 3.8) is 0 Å². The quantitative estimate of drug-likeness (QED) is 0.902. The van der Waals surface area contributed by atoms with Crippen molar-refractivity contribution in [3.8, 4) is 0 Å². The van der Waals surface area contributed by atoms with E-state index in [4.69, 9.17) is 5.73 Å². The average molecular weight is 261 g/mol. The Bertz CT molecular complexity index is 410. The number of piperazine rings is 1. The second-order valence-electron chi connectivity index (χ2n) is 6.12. The molecule has 0 amide bonds. The lowest BCUT2D eigenvalue weighted by Crippen LogP contribution is -2.51. The summed E-state index contributed by atoms with van der Waals surface area (Å²) in [5.74, 6) is 0. The van der Waals surface area contributed by atoms with Crippen molar-refractivity contribution in [3.05, 3.63) is 34.9 Å². The average Bonchev–Trinajstić information content (AvgIpc) is 2.32.